The van der Waals surface area contributed by atoms with Gasteiger partial charge in [-0.1, -0.05) is 20.8 Å². The van der Waals surface area contributed by atoms with Crippen molar-refractivity contribution in [1.82, 2.24) is 0 Å². The van der Waals surface area contributed by atoms with Crippen molar-refractivity contribution in [3.8, 4) is 0 Å². The van der Waals surface area contributed by atoms with Gasteiger partial charge in [0.1, 0.15) is 0 Å². The van der Waals surface area contributed by atoms with Crippen LogP contribution in [0.25, 0.3) is 0 Å². The Balaban J connectivity index is 2.54. The van der Waals surface area contributed by atoms with Gasteiger partial charge in [-0.05, 0) is 25.8 Å². The molecule has 0 bridgehead atoms. The molecule has 0 spiro atoms. The molecule has 0 radical (unpaired) electrons. The number of ether oxygens (including phenoxy) is 1. The predicted octanol–water partition coefficient (Wildman–Crippen LogP) is 3.34. The Morgan fingerprint density at radius 1 is 1.06 bits per heavy atom. The molecule has 0 unspecified atom stereocenters. The predicted molar refractivity (Wildman–Crippen MR) is 72.5 cm³/mol. The summed E-state index contributed by atoms with van der Waals surface area (Å²) >= 11 is 0. The Morgan fingerprint density at radius 2 is 1.59 bits per heavy atom. The molecule has 1 aliphatic heterocycles. The zero-order valence-corrected chi connectivity index (χ0v) is 12.9. The van der Waals surface area contributed by atoms with Gasteiger partial charge in [-0.15, -0.1) is 0 Å². The van der Waals surface area contributed by atoms with Crippen LogP contribution in [0.15, 0.2) is 0 Å². The molecule has 1 rings (SSSR count). The van der Waals surface area contributed by atoms with E-state index < -0.39 is 8.56 Å². The fourth-order valence-corrected chi connectivity index (χ4v) is 5.66. The van der Waals surface area contributed by atoms with Gasteiger partial charge in [-0.25, -0.2) is 0 Å². The van der Waals surface area contributed by atoms with Gasteiger partial charge >= 0.3 is 8.56 Å². The van der Waals surface area contributed by atoms with Crippen LogP contribution in [0, 0.1) is 5.41 Å². The van der Waals surface area contributed by atoms with Crippen molar-refractivity contribution in [3.63, 3.8) is 0 Å². The van der Waals surface area contributed by atoms with Crippen molar-refractivity contribution in [2.24, 2.45) is 5.41 Å². The summed E-state index contributed by atoms with van der Waals surface area (Å²) < 4.78 is 17.5. The minimum Gasteiger partial charge on any atom is -0.394 e. The summed E-state index contributed by atoms with van der Waals surface area (Å²) in [4.78, 5) is 0. The summed E-state index contributed by atoms with van der Waals surface area (Å²) in [6.07, 6.45) is 3.29. The van der Waals surface area contributed by atoms with E-state index in [0.717, 1.165) is 45.3 Å². The van der Waals surface area contributed by atoms with Gasteiger partial charge in [-0.2, -0.15) is 0 Å². The number of rotatable bonds is 9. The van der Waals surface area contributed by atoms with E-state index in [-0.39, 0.29) is 0 Å². The Morgan fingerprint density at radius 3 is 1.88 bits per heavy atom. The molecule has 102 valence electrons. The lowest BCUT2D eigenvalue weighted by molar-refractivity contribution is -0.107. The van der Waals surface area contributed by atoms with E-state index in [4.69, 9.17) is 13.6 Å². The third kappa shape index (κ3) is 4.36. The van der Waals surface area contributed by atoms with E-state index in [9.17, 15) is 0 Å². The summed E-state index contributed by atoms with van der Waals surface area (Å²) in [6.45, 7) is 12.2. The quantitative estimate of drug-likeness (QED) is 0.595. The lowest BCUT2D eigenvalue weighted by atomic mass is 9.85. The molecule has 0 N–H and O–H groups in total. The fourth-order valence-electron chi connectivity index (χ4n) is 2.28. The largest absolute Gasteiger partial charge is 0.394 e. The minimum absolute atomic E-state index is 0.336. The van der Waals surface area contributed by atoms with E-state index in [0.29, 0.717) is 5.41 Å². The molecule has 0 aromatic carbocycles. The zero-order chi connectivity index (χ0) is 12.8. The maximum atomic E-state index is 6.08. The average molecular weight is 260 g/mol. The average Bonchev–Trinajstić information content (AvgIpc) is 2.29. The van der Waals surface area contributed by atoms with Gasteiger partial charge in [0.2, 0.25) is 0 Å². The monoisotopic (exact) mass is 260 g/mol. The third-order valence-electron chi connectivity index (χ3n) is 3.49. The molecule has 1 aliphatic rings. The van der Waals surface area contributed by atoms with Crippen LogP contribution in [-0.4, -0.2) is 35.0 Å². The highest BCUT2D eigenvalue weighted by Crippen LogP contribution is 2.40. The lowest BCUT2D eigenvalue weighted by Crippen LogP contribution is -2.51. The van der Waals surface area contributed by atoms with Gasteiger partial charge in [0.05, 0.1) is 13.2 Å². The topological polar surface area (TPSA) is 27.7 Å². The maximum Gasteiger partial charge on any atom is 0.335 e. The second kappa shape index (κ2) is 6.88. The second-order valence-electron chi connectivity index (χ2n) is 5.35. The molecule has 1 heterocycles. The molecule has 17 heavy (non-hydrogen) atoms. The van der Waals surface area contributed by atoms with Crippen molar-refractivity contribution in [1.29, 1.82) is 0 Å². The van der Waals surface area contributed by atoms with Crippen LogP contribution in [0.4, 0.5) is 0 Å². The summed E-state index contributed by atoms with van der Waals surface area (Å²) in [5.74, 6) is 0. The molecule has 0 saturated carbocycles. The summed E-state index contributed by atoms with van der Waals surface area (Å²) in [5, 5.41) is 0. The van der Waals surface area contributed by atoms with Crippen LogP contribution in [0.2, 0.25) is 12.6 Å². The van der Waals surface area contributed by atoms with Crippen LogP contribution in [-0.2, 0) is 13.6 Å². The summed E-state index contributed by atoms with van der Waals surface area (Å²) in [6, 6.07) is 1.08. The smallest absolute Gasteiger partial charge is 0.335 e. The summed E-state index contributed by atoms with van der Waals surface area (Å²) in [7, 11) is -2.00. The Hall–Kier alpha value is 0.0969. The highest BCUT2D eigenvalue weighted by Gasteiger charge is 2.46. The van der Waals surface area contributed by atoms with Crippen molar-refractivity contribution in [3.05, 3.63) is 0 Å². The number of hydrogen-bond donors (Lipinski definition) is 0. The van der Waals surface area contributed by atoms with Crippen LogP contribution in [0.1, 0.15) is 40.0 Å². The molecule has 3 nitrogen and oxygen atoms in total. The molecule has 0 aromatic heterocycles. The van der Waals surface area contributed by atoms with Gasteiger partial charge in [-0.3, -0.25) is 0 Å². The molecular weight excluding hydrogens is 232 g/mol. The first-order valence-electron chi connectivity index (χ1n) is 6.95. The van der Waals surface area contributed by atoms with Crippen molar-refractivity contribution in [2.75, 3.05) is 26.4 Å². The van der Waals surface area contributed by atoms with E-state index in [2.05, 4.69) is 27.3 Å². The van der Waals surface area contributed by atoms with Crippen LogP contribution in [0.3, 0.4) is 0 Å². The van der Waals surface area contributed by atoms with Gasteiger partial charge in [0.15, 0.2) is 0 Å². The van der Waals surface area contributed by atoms with Crippen LogP contribution in [0.5, 0.6) is 0 Å². The number of hydrogen-bond acceptors (Lipinski definition) is 3. The fraction of sp³-hybridized carbons (Fsp3) is 1.00. The molecule has 1 fully saturated rings. The van der Waals surface area contributed by atoms with E-state index >= 15 is 0 Å². The van der Waals surface area contributed by atoms with Gasteiger partial charge in [0.25, 0.3) is 0 Å². The highest BCUT2D eigenvalue weighted by atomic mass is 28.4. The lowest BCUT2D eigenvalue weighted by Gasteiger charge is -2.45. The first-order chi connectivity index (χ1) is 8.10. The minimum atomic E-state index is -2.00. The van der Waals surface area contributed by atoms with Crippen LogP contribution >= 0.6 is 0 Å². The van der Waals surface area contributed by atoms with Gasteiger partial charge < -0.3 is 13.6 Å². The molecule has 0 atom stereocenters. The molecule has 4 heteroatoms. The molecule has 0 aliphatic carbocycles. The standard InChI is InChI=1S/C13H28O3Si/c1-5-8-15-17(4,16-9-6-2)12-13(7-3)10-14-11-13/h5-12H2,1-4H3. The summed E-state index contributed by atoms with van der Waals surface area (Å²) in [5.41, 5.74) is 0.336. The van der Waals surface area contributed by atoms with E-state index in [1.54, 1.807) is 0 Å². The Bertz CT molecular complexity index is 203. The highest BCUT2D eigenvalue weighted by molar-refractivity contribution is 6.66. The van der Waals surface area contributed by atoms with Crippen molar-refractivity contribution >= 4 is 8.56 Å². The molecular formula is C13H28O3Si. The maximum absolute atomic E-state index is 6.08. The molecule has 1 saturated heterocycles. The van der Waals surface area contributed by atoms with Crippen molar-refractivity contribution < 1.29 is 13.6 Å². The van der Waals surface area contributed by atoms with E-state index in [1.165, 1.54) is 6.42 Å². The molecule has 0 amide bonds. The first-order valence-corrected chi connectivity index (χ1v) is 9.48. The second-order valence-corrected chi connectivity index (χ2v) is 8.55. The molecule has 0 aromatic rings. The SMILES string of the molecule is CCCO[Si](C)(CC1(CC)COC1)OCCC. The van der Waals surface area contributed by atoms with Gasteiger partial charge in [0, 0.05) is 24.7 Å². The Kier molecular flexibility index (Phi) is 6.13. The van der Waals surface area contributed by atoms with Crippen molar-refractivity contribution in [2.45, 2.75) is 52.6 Å². The van der Waals surface area contributed by atoms with E-state index in [1.807, 2.05) is 0 Å². The van der Waals surface area contributed by atoms with Crippen LogP contribution < -0.4 is 0 Å². The first kappa shape index (κ1) is 15.2. The zero-order valence-electron chi connectivity index (χ0n) is 11.9. The third-order valence-corrected chi connectivity index (χ3v) is 6.51. The Labute approximate surface area is 107 Å². The normalized spacial score (nSPS) is 19.1.